The molecule has 0 bridgehead atoms. The minimum Gasteiger partial charge on any atom is -0.396 e. The molecule has 1 aliphatic heterocycles. The number of rotatable bonds is 7. The molecule has 2 amide bonds. The van der Waals surface area contributed by atoms with Crippen LogP contribution >= 0.6 is 0 Å². The lowest BCUT2D eigenvalue weighted by molar-refractivity contribution is -0.0440. The zero-order valence-corrected chi connectivity index (χ0v) is 21.7. The molecule has 5 aromatic carbocycles. The molecule has 0 fully saturated rings. The predicted octanol–water partition coefficient (Wildman–Crippen LogP) is 6.68. The largest absolute Gasteiger partial charge is 0.396 e. The van der Waals surface area contributed by atoms with E-state index in [9.17, 15) is 14.7 Å². The van der Waals surface area contributed by atoms with E-state index >= 15 is 0 Å². The second-order valence-electron chi connectivity index (χ2n) is 11.4. The van der Waals surface area contributed by atoms with Gasteiger partial charge in [0, 0.05) is 35.3 Å². The summed E-state index contributed by atoms with van der Waals surface area (Å²) in [5, 5.41) is 17.8. The molecule has 6 rings (SSSR count). The third kappa shape index (κ3) is 3.52. The van der Waals surface area contributed by atoms with Crippen LogP contribution < -0.4 is 0 Å². The highest BCUT2D eigenvalue weighted by atomic mass is 16.5. The van der Waals surface area contributed by atoms with Gasteiger partial charge in [-0.2, -0.15) is 0 Å². The molecule has 0 aliphatic carbocycles. The SMILES string of the molecule is CC(C)(CCO)OCCC(C)(C)N1C(=O)c2ccc3c4cccc5cccc(c6ccc(c2c36)C1=O)c54. The van der Waals surface area contributed by atoms with Crippen molar-refractivity contribution >= 4 is 54.9 Å². The summed E-state index contributed by atoms with van der Waals surface area (Å²) < 4.78 is 6.00. The lowest BCUT2D eigenvalue weighted by atomic mass is 9.83. The fourth-order valence-electron chi connectivity index (χ4n) is 6.00. The average Bonchev–Trinajstić information content (AvgIpc) is 2.85. The standard InChI is InChI=1S/C32H31NO4/c1-31(2,16-18-37-32(3,4)15-17-34)33-29(35)24-13-11-22-20-9-5-7-19-8-6-10-21(26(19)20)23-12-14-25(30(33)36)28(24)27(22)23/h5-14,34H,15-18H2,1-4H3. The van der Waals surface area contributed by atoms with Gasteiger partial charge < -0.3 is 9.84 Å². The number of carbonyl (C=O) groups is 2. The van der Waals surface area contributed by atoms with Crippen LogP contribution in [0.5, 0.6) is 0 Å². The highest BCUT2D eigenvalue weighted by Crippen LogP contribution is 2.44. The molecule has 0 aromatic heterocycles. The number of fused-ring (bicyclic) bond motifs is 2. The Bertz CT molecular complexity index is 1610. The third-order valence-corrected chi connectivity index (χ3v) is 8.04. The van der Waals surface area contributed by atoms with Gasteiger partial charge in [0.15, 0.2) is 0 Å². The maximum Gasteiger partial charge on any atom is 0.261 e. The number of ether oxygens (including phenoxy) is 1. The number of nitrogens with zero attached hydrogens (tertiary/aromatic N) is 1. The lowest BCUT2D eigenvalue weighted by Crippen LogP contribution is -2.53. The van der Waals surface area contributed by atoms with Crippen molar-refractivity contribution in [1.29, 1.82) is 0 Å². The number of aliphatic hydroxyl groups excluding tert-OH is 1. The van der Waals surface area contributed by atoms with E-state index < -0.39 is 11.1 Å². The molecule has 5 nitrogen and oxygen atoms in total. The van der Waals surface area contributed by atoms with Gasteiger partial charge in [0.25, 0.3) is 11.8 Å². The molecule has 0 spiro atoms. The van der Waals surface area contributed by atoms with E-state index in [0.717, 1.165) is 32.3 Å². The summed E-state index contributed by atoms with van der Waals surface area (Å²) in [5.74, 6) is -0.532. The number of amides is 2. The van der Waals surface area contributed by atoms with Gasteiger partial charge >= 0.3 is 0 Å². The van der Waals surface area contributed by atoms with Crippen LogP contribution in [0.25, 0.3) is 43.1 Å². The molecule has 37 heavy (non-hydrogen) atoms. The fraction of sp³-hybridized carbons (Fsp3) is 0.312. The fourth-order valence-corrected chi connectivity index (χ4v) is 6.00. The summed E-state index contributed by atoms with van der Waals surface area (Å²) in [4.78, 5) is 29.2. The topological polar surface area (TPSA) is 66.8 Å². The second kappa shape index (κ2) is 8.23. The first-order valence-corrected chi connectivity index (χ1v) is 12.9. The predicted molar refractivity (Wildman–Crippen MR) is 149 cm³/mol. The minimum atomic E-state index is -0.750. The molecular weight excluding hydrogens is 462 g/mol. The van der Waals surface area contributed by atoms with Crippen LogP contribution in [-0.4, -0.2) is 46.2 Å². The summed E-state index contributed by atoms with van der Waals surface area (Å²) in [7, 11) is 0. The second-order valence-corrected chi connectivity index (χ2v) is 11.4. The van der Waals surface area contributed by atoms with E-state index in [0.29, 0.717) is 30.6 Å². The molecular formula is C32H31NO4. The summed E-state index contributed by atoms with van der Waals surface area (Å²) in [6.45, 7) is 8.11. The highest BCUT2D eigenvalue weighted by molar-refractivity contribution is 6.38. The quantitative estimate of drug-likeness (QED) is 0.156. The number of imide groups is 1. The van der Waals surface area contributed by atoms with E-state index in [2.05, 4.69) is 36.4 Å². The Kier molecular flexibility index (Phi) is 5.30. The van der Waals surface area contributed by atoms with Gasteiger partial charge in [-0.15, -0.1) is 0 Å². The normalized spacial score (nSPS) is 14.7. The van der Waals surface area contributed by atoms with Crippen molar-refractivity contribution in [1.82, 2.24) is 4.90 Å². The molecule has 0 unspecified atom stereocenters. The number of hydrogen-bond acceptors (Lipinski definition) is 4. The highest BCUT2D eigenvalue weighted by Gasteiger charge is 2.42. The molecule has 188 valence electrons. The summed E-state index contributed by atoms with van der Waals surface area (Å²) in [5.41, 5.74) is -0.0913. The number of benzene rings is 5. The van der Waals surface area contributed by atoms with E-state index in [1.54, 1.807) is 0 Å². The van der Waals surface area contributed by atoms with Gasteiger partial charge in [-0.05, 0) is 90.4 Å². The average molecular weight is 494 g/mol. The van der Waals surface area contributed by atoms with Crippen LogP contribution in [0, 0.1) is 0 Å². The van der Waals surface area contributed by atoms with Crippen LogP contribution in [0.1, 0.15) is 61.3 Å². The zero-order chi connectivity index (χ0) is 26.1. The smallest absolute Gasteiger partial charge is 0.261 e. The first-order chi connectivity index (χ1) is 17.6. The molecule has 0 radical (unpaired) electrons. The molecule has 0 saturated heterocycles. The number of carbonyl (C=O) groups excluding carboxylic acids is 2. The Hall–Kier alpha value is -3.54. The molecule has 1 N–H and O–H groups in total. The Morgan fingerprint density at radius 2 is 1.24 bits per heavy atom. The van der Waals surface area contributed by atoms with Gasteiger partial charge in [-0.1, -0.05) is 48.5 Å². The monoisotopic (exact) mass is 493 g/mol. The number of aliphatic hydroxyl groups is 1. The van der Waals surface area contributed by atoms with E-state index in [1.807, 2.05) is 52.0 Å². The molecule has 1 aliphatic rings. The van der Waals surface area contributed by atoms with Crippen LogP contribution in [0.15, 0.2) is 60.7 Å². The number of hydrogen-bond donors (Lipinski definition) is 1. The van der Waals surface area contributed by atoms with E-state index in [4.69, 9.17) is 4.74 Å². The Morgan fingerprint density at radius 3 is 1.78 bits per heavy atom. The molecule has 0 atom stereocenters. The third-order valence-electron chi connectivity index (χ3n) is 8.04. The molecule has 1 heterocycles. The van der Waals surface area contributed by atoms with Crippen molar-refractivity contribution < 1.29 is 19.4 Å². The first-order valence-electron chi connectivity index (χ1n) is 12.9. The van der Waals surface area contributed by atoms with Gasteiger partial charge in [-0.25, -0.2) is 0 Å². The van der Waals surface area contributed by atoms with Crippen molar-refractivity contribution in [3.05, 3.63) is 71.8 Å². The van der Waals surface area contributed by atoms with Crippen LogP contribution in [0.2, 0.25) is 0 Å². The van der Waals surface area contributed by atoms with Crippen molar-refractivity contribution in [2.45, 2.75) is 51.7 Å². The molecule has 0 saturated carbocycles. The maximum atomic E-state index is 13.9. The first kappa shape index (κ1) is 23.8. The lowest BCUT2D eigenvalue weighted by Gasteiger charge is -2.40. The maximum absolute atomic E-state index is 13.9. The van der Waals surface area contributed by atoms with E-state index in [1.165, 1.54) is 15.7 Å². The zero-order valence-electron chi connectivity index (χ0n) is 21.7. The minimum absolute atomic E-state index is 0.0449. The van der Waals surface area contributed by atoms with Crippen molar-refractivity contribution in [2.75, 3.05) is 13.2 Å². The Morgan fingerprint density at radius 1 is 0.703 bits per heavy atom. The summed E-state index contributed by atoms with van der Waals surface area (Å²) in [6, 6.07) is 20.5. The van der Waals surface area contributed by atoms with Crippen LogP contribution in [0.3, 0.4) is 0 Å². The van der Waals surface area contributed by atoms with E-state index in [-0.39, 0.29) is 18.4 Å². The molecule has 5 aromatic rings. The van der Waals surface area contributed by atoms with Crippen LogP contribution in [0.4, 0.5) is 0 Å². The Labute approximate surface area is 216 Å². The van der Waals surface area contributed by atoms with Gasteiger partial charge in [0.1, 0.15) is 0 Å². The van der Waals surface area contributed by atoms with Gasteiger partial charge in [-0.3, -0.25) is 14.5 Å². The van der Waals surface area contributed by atoms with Crippen molar-refractivity contribution in [2.24, 2.45) is 0 Å². The van der Waals surface area contributed by atoms with Crippen molar-refractivity contribution in [3.8, 4) is 0 Å². The van der Waals surface area contributed by atoms with Crippen molar-refractivity contribution in [3.63, 3.8) is 0 Å². The molecule has 5 heteroatoms. The summed E-state index contributed by atoms with van der Waals surface area (Å²) >= 11 is 0. The van der Waals surface area contributed by atoms with Crippen LogP contribution in [-0.2, 0) is 4.74 Å². The van der Waals surface area contributed by atoms with Gasteiger partial charge in [0.05, 0.1) is 5.60 Å². The summed E-state index contributed by atoms with van der Waals surface area (Å²) in [6.07, 6.45) is 1.01. The van der Waals surface area contributed by atoms with Gasteiger partial charge in [0.2, 0.25) is 0 Å². The Balaban J connectivity index is 1.48.